The molecule has 0 heterocycles. The molecule has 156 valence electrons. The second kappa shape index (κ2) is 12.0. The number of hydrogen-bond donors (Lipinski definition) is 0. The van der Waals surface area contributed by atoms with Crippen molar-refractivity contribution in [1.29, 1.82) is 0 Å². The van der Waals surface area contributed by atoms with E-state index in [-0.39, 0.29) is 17.9 Å². The van der Waals surface area contributed by atoms with E-state index < -0.39 is 19.6 Å². The molecule has 0 amide bonds. The Labute approximate surface area is 178 Å². The van der Waals surface area contributed by atoms with Crippen LogP contribution in [0.3, 0.4) is 0 Å². The van der Waals surface area contributed by atoms with Gasteiger partial charge in [0.05, 0.1) is 0 Å². The fourth-order valence-electron chi connectivity index (χ4n) is 4.06. The van der Waals surface area contributed by atoms with Crippen molar-refractivity contribution < 1.29 is 14.3 Å². The third-order valence-electron chi connectivity index (χ3n) is 5.78. The standard InChI is InChI=1S/C24H37O3Te/c1-5-6-14-28(16-22(25)20-10-8-7-9-11-20)17-24(26)27-23-15-19(4)12-13-21(23)18(2)3/h7-11,18-19,21,23H,5-6,12-17H2,1-4H3/q+1/t19-,21+,23-/m1/s1. The monoisotopic (exact) mass is 503 g/mol. The molecule has 3 atom stereocenters. The van der Waals surface area contributed by atoms with Crippen LogP contribution in [-0.2, 0) is 9.53 Å². The van der Waals surface area contributed by atoms with E-state index in [0.29, 0.717) is 26.7 Å². The van der Waals surface area contributed by atoms with Crippen molar-refractivity contribution in [2.24, 2.45) is 17.8 Å². The first-order valence-corrected chi connectivity index (χ1v) is 15.8. The number of benzene rings is 1. The Balaban J connectivity index is 1.96. The number of esters is 1. The van der Waals surface area contributed by atoms with Crippen molar-refractivity contribution in [3.63, 3.8) is 0 Å². The summed E-state index contributed by atoms with van der Waals surface area (Å²) in [6.07, 6.45) is 5.67. The molecule has 4 heteroatoms. The Morgan fingerprint density at radius 2 is 1.86 bits per heavy atom. The molecule has 1 aromatic carbocycles. The zero-order valence-corrected chi connectivity index (χ0v) is 20.3. The van der Waals surface area contributed by atoms with Gasteiger partial charge in [-0.15, -0.1) is 0 Å². The summed E-state index contributed by atoms with van der Waals surface area (Å²) in [5, 5.41) is 0. The molecule has 28 heavy (non-hydrogen) atoms. The molecule has 0 bridgehead atoms. The molecule has 0 aromatic heterocycles. The Bertz CT molecular complexity index is 614. The number of hydrogen-bond acceptors (Lipinski definition) is 3. The molecule has 1 aliphatic rings. The van der Waals surface area contributed by atoms with Crippen LogP contribution in [0.5, 0.6) is 0 Å². The van der Waals surface area contributed by atoms with E-state index in [2.05, 4.69) is 27.7 Å². The number of ketones is 1. The van der Waals surface area contributed by atoms with E-state index in [1.807, 2.05) is 30.3 Å². The van der Waals surface area contributed by atoms with E-state index in [4.69, 9.17) is 4.74 Å². The second-order valence-corrected chi connectivity index (χ2v) is 14.9. The summed E-state index contributed by atoms with van der Waals surface area (Å²) in [6, 6.07) is 9.51. The summed E-state index contributed by atoms with van der Waals surface area (Å²) in [5.41, 5.74) is 0.777. The molecule has 0 unspecified atom stereocenters. The quantitative estimate of drug-likeness (QED) is 0.219. The van der Waals surface area contributed by atoms with Gasteiger partial charge < -0.3 is 0 Å². The summed E-state index contributed by atoms with van der Waals surface area (Å²) < 4.78 is 8.22. The number of rotatable bonds is 10. The third kappa shape index (κ3) is 7.52. The second-order valence-electron chi connectivity index (χ2n) is 8.60. The first kappa shape index (κ1) is 23.4. The molecule has 1 saturated carbocycles. The van der Waals surface area contributed by atoms with Gasteiger partial charge in [0.15, 0.2) is 0 Å². The van der Waals surface area contributed by atoms with Crippen molar-refractivity contribution in [2.75, 3.05) is 0 Å². The summed E-state index contributed by atoms with van der Waals surface area (Å²) in [6.45, 7) is 8.91. The molecule has 2 rings (SSSR count). The topological polar surface area (TPSA) is 43.4 Å². The van der Waals surface area contributed by atoms with E-state index in [1.165, 1.54) is 6.42 Å². The summed E-state index contributed by atoms with van der Waals surface area (Å²) >= 11 is -1.84. The van der Waals surface area contributed by atoms with Crippen LogP contribution in [-0.4, -0.2) is 37.4 Å². The van der Waals surface area contributed by atoms with Crippen molar-refractivity contribution in [1.82, 2.24) is 0 Å². The average molecular weight is 501 g/mol. The van der Waals surface area contributed by atoms with E-state index in [1.54, 1.807) is 0 Å². The van der Waals surface area contributed by atoms with Crippen LogP contribution >= 0.6 is 0 Å². The molecule has 0 aliphatic heterocycles. The maximum absolute atomic E-state index is 12.8. The summed E-state index contributed by atoms with van der Waals surface area (Å²) in [4.78, 5) is 25.5. The molecule has 3 nitrogen and oxygen atoms in total. The minimum atomic E-state index is -1.84. The molecule has 1 aromatic rings. The van der Waals surface area contributed by atoms with Crippen LogP contribution < -0.4 is 0 Å². The van der Waals surface area contributed by atoms with Gasteiger partial charge in [-0.1, -0.05) is 0 Å². The molecule has 0 N–H and O–H groups in total. The molecular weight excluding hydrogens is 464 g/mol. The summed E-state index contributed by atoms with van der Waals surface area (Å²) in [7, 11) is 0. The van der Waals surface area contributed by atoms with Crippen molar-refractivity contribution in [2.45, 2.75) is 79.3 Å². The molecular formula is C24H37O3Te+. The third-order valence-corrected chi connectivity index (χ3v) is 12.0. The van der Waals surface area contributed by atoms with E-state index in [0.717, 1.165) is 35.7 Å². The van der Waals surface area contributed by atoms with Gasteiger partial charge >= 0.3 is 179 Å². The van der Waals surface area contributed by atoms with Gasteiger partial charge in [-0.2, -0.15) is 0 Å². The first-order chi connectivity index (χ1) is 13.4. The van der Waals surface area contributed by atoms with Gasteiger partial charge in [-0.3, -0.25) is 0 Å². The first-order valence-electron chi connectivity index (χ1n) is 10.8. The predicted octanol–water partition coefficient (Wildman–Crippen LogP) is 6.17. The van der Waals surface area contributed by atoms with Crippen LogP contribution in [0.1, 0.15) is 70.2 Å². The molecule has 0 spiro atoms. The van der Waals surface area contributed by atoms with E-state index >= 15 is 0 Å². The van der Waals surface area contributed by atoms with Crippen LogP contribution in [0, 0.1) is 17.8 Å². The zero-order chi connectivity index (χ0) is 20.5. The Morgan fingerprint density at radius 3 is 2.50 bits per heavy atom. The van der Waals surface area contributed by atoms with Crippen LogP contribution in [0.4, 0.5) is 0 Å². The average Bonchev–Trinajstić information content (AvgIpc) is 2.66. The normalized spacial score (nSPS) is 22.4. The van der Waals surface area contributed by atoms with E-state index in [9.17, 15) is 9.59 Å². The summed E-state index contributed by atoms with van der Waals surface area (Å²) in [5.74, 6) is 1.81. The number of unbranched alkanes of at least 4 members (excludes halogenated alkanes) is 1. The van der Waals surface area contributed by atoms with Crippen molar-refractivity contribution >= 4 is 31.3 Å². The SMILES string of the molecule is CCCC[Te+](CC(=O)O[C@@H]1C[C@H](C)CC[C@H]1C(C)C)CC(=O)c1ccccc1. The number of carbonyl (C=O) groups excluding carboxylic acids is 2. The van der Waals surface area contributed by atoms with Crippen molar-refractivity contribution in [3.05, 3.63) is 35.9 Å². The molecule has 1 aliphatic carbocycles. The number of ether oxygens (including phenoxy) is 1. The van der Waals surface area contributed by atoms with Gasteiger partial charge in [0.25, 0.3) is 0 Å². The fourth-order valence-corrected chi connectivity index (χ4v) is 9.84. The molecule has 1 fully saturated rings. The Hall–Kier alpha value is -0.850. The number of Topliss-reactive ketones (excluding diaryl/α,β-unsaturated/α-hetero) is 1. The van der Waals surface area contributed by atoms with Gasteiger partial charge in [0, 0.05) is 0 Å². The van der Waals surface area contributed by atoms with Crippen LogP contribution in [0.15, 0.2) is 30.3 Å². The Morgan fingerprint density at radius 1 is 1.14 bits per heavy atom. The minimum absolute atomic E-state index is 0.0432. The van der Waals surface area contributed by atoms with Crippen molar-refractivity contribution in [3.8, 4) is 0 Å². The number of carbonyl (C=O) groups is 2. The zero-order valence-electron chi connectivity index (χ0n) is 18.0. The van der Waals surface area contributed by atoms with Gasteiger partial charge in [0.2, 0.25) is 0 Å². The molecule has 0 radical (unpaired) electrons. The van der Waals surface area contributed by atoms with Gasteiger partial charge in [-0.25, -0.2) is 0 Å². The van der Waals surface area contributed by atoms with Crippen LogP contribution in [0.25, 0.3) is 0 Å². The van der Waals surface area contributed by atoms with Gasteiger partial charge in [0.1, 0.15) is 0 Å². The molecule has 0 saturated heterocycles. The van der Waals surface area contributed by atoms with Crippen LogP contribution in [0.2, 0.25) is 13.4 Å². The predicted molar refractivity (Wildman–Crippen MR) is 117 cm³/mol. The maximum atomic E-state index is 12.8. The fraction of sp³-hybridized carbons (Fsp3) is 0.667. The Kier molecular flexibility index (Phi) is 10.0. The van der Waals surface area contributed by atoms with Gasteiger partial charge in [-0.05, 0) is 0 Å².